The van der Waals surface area contributed by atoms with E-state index >= 15 is 0 Å². The summed E-state index contributed by atoms with van der Waals surface area (Å²) in [6.07, 6.45) is 0. The number of piperazine rings is 1. The van der Waals surface area contributed by atoms with Crippen molar-refractivity contribution < 1.29 is 9.59 Å². The number of nitrogens with zero attached hydrogens (tertiary/aromatic N) is 1. The van der Waals surface area contributed by atoms with Gasteiger partial charge < -0.3 is 10.2 Å². The minimum atomic E-state index is -0.415. The van der Waals surface area contributed by atoms with Crippen LogP contribution in [0.5, 0.6) is 0 Å². The molecule has 1 aromatic rings. The monoisotopic (exact) mass is 286 g/mol. The lowest BCUT2D eigenvalue weighted by molar-refractivity contribution is -0.146. The van der Waals surface area contributed by atoms with E-state index in [0.717, 1.165) is 4.88 Å². The van der Waals surface area contributed by atoms with Gasteiger partial charge in [0, 0.05) is 4.88 Å². The standard InChI is InChI=1S/C12H15ClN2O2S/c1-7(2)11-12(17)15(6-10(16)14-11)5-8-3-4-9(13)18-8/h3-4,7,11H,5-6H2,1-2H3,(H,14,16). The number of nitrogens with one attached hydrogen (secondary N) is 1. The smallest absolute Gasteiger partial charge is 0.246 e. The molecule has 1 N–H and O–H groups in total. The van der Waals surface area contributed by atoms with Crippen molar-refractivity contribution in [1.29, 1.82) is 0 Å². The Hall–Kier alpha value is -1.07. The summed E-state index contributed by atoms with van der Waals surface area (Å²) < 4.78 is 0.694. The number of carbonyl (C=O) groups excluding carboxylic acids is 2. The molecule has 1 atom stereocenters. The summed E-state index contributed by atoms with van der Waals surface area (Å²) in [4.78, 5) is 26.4. The molecule has 1 saturated heterocycles. The van der Waals surface area contributed by atoms with Gasteiger partial charge in [0.15, 0.2) is 0 Å². The Kier molecular flexibility index (Phi) is 3.92. The van der Waals surface area contributed by atoms with Crippen molar-refractivity contribution in [2.75, 3.05) is 6.54 Å². The van der Waals surface area contributed by atoms with E-state index in [2.05, 4.69) is 5.32 Å². The summed E-state index contributed by atoms with van der Waals surface area (Å²) in [5.41, 5.74) is 0. The zero-order valence-corrected chi connectivity index (χ0v) is 11.8. The van der Waals surface area contributed by atoms with E-state index in [1.165, 1.54) is 11.3 Å². The van der Waals surface area contributed by atoms with Crippen LogP contribution in [0.3, 0.4) is 0 Å². The summed E-state index contributed by atoms with van der Waals surface area (Å²) in [6.45, 7) is 4.42. The fraction of sp³-hybridized carbons (Fsp3) is 0.500. The highest BCUT2D eigenvalue weighted by Crippen LogP contribution is 2.23. The summed E-state index contributed by atoms with van der Waals surface area (Å²) in [5.74, 6) is -0.0266. The van der Waals surface area contributed by atoms with Gasteiger partial charge >= 0.3 is 0 Å². The Morgan fingerprint density at radius 1 is 1.50 bits per heavy atom. The second-order valence-corrected chi connectivity index (χ2v) is 6.49. The van der Waals surface area contributed by atoms with E-state index in [9.17, 15) is 9.59 Å². The maximum absolute atomic E-state index is 12.2. The van der Waals surface area contributed by atoms with Crippen LogP contribution in [-0.2, 0) is 16.1 Å². The van der Waals surface area contributed by atoms with Gasteiger partial charge in [0.05, 0.1) is 17.4 Å². The Morgan fingerprint density at radius 2 is 2.22 bits per heavy atom. The molecule has 18 heavy (non-hydrogen) atoms. The van der Waals surface area contributed by atoms with Gasteiger partial charge in [-0.25, -0.2) is 0 Å². The Morgan fingerprint density at radius 3 is 2.78 bits per heavy atom. The van der Waals surface area contributed by atoms with Gasteiger partial charge in [0.1, 0.15) is 6.04 Å². The number of carbonyl (C=O) groups is 2. The fourth-order valence-electron chi connectivity index (χ4n) is 1.94. The van der Waals surface area contributed by atoms with Crippen molar-refractivity contribution in [3.63, 3.8) is 0 Å². The third-order valence-electron chi connectivity index (χ3n) is 2.87. The maximum Gasteiger partial charge on any atom is 0.246 e. The first-order chi connectivity index (χ1) is 8.47. The second-order valence-electron chi connectivity index (χ2n) is 4.69. The van der Waals surface area contributed by atoms with E-state index in [0.29, 0.717) is 10.9 Å². The van der Waals surface area contributed by atoms with Crippen LogP contribution < -0.4 is 5.32 Å². The molecule has 2 rings (SSSR count). The number of rotatable bonds is 3. The van der Waals surface area contributed by atoms with Crippen LogP contribution in [0.25, 0.3) is 0 Å². The van der Waals surface area contributed by atoms with Crippen LogP contribution in [-0.4, -0.2) is 29.3 Å². The van der Waals surface area contributed by atoms with E-state index in [1.54, 1.807) is 11.0 Å². The molecule has 4 nitrogen and oxygen atoms in total. The lowest BCUT2D eigenvalue weighted by Gasteiger charge is -2.34. The normalized spacial score (nSPS) is 20.4. The number of hydrogen-bond acceptors (Lipinski definition) is 3. The third-order valence-corrected chi connectivity index (χ3v) is 4.09. The summed E-state index contributed by atoms with van der Waals surface area (Å²) in [6, 6.07) is 3.27. The summed E-state index contributed by atoms with van der Waals surface area (Å²) in [7, 11) is 0. The van der Waals surface area contributed by atoms with E-state index < -0.39 is 6.04 Å². The van der Waals surface area contributed by atoms with Crippen LogP contribution in [0, 0.1) is 5.92 Å². The Balaban J connectivity index is 2.11. The van der Waals surface area contributed by atoms with Crippen LogP contribution in [0.15, 0.2) is 12.1 Å². The van der Waals surface area contributed by atoms with Gasteiger partial charge in [-0.3, -0.25) is 9.59 Å². The quantitative estimate of drug-likeness (QED) is 0.922. The van der Waals surface area contributed by atoms with Crippen LogP contribution in [0.4, 0.5) is 0 Å². The van der Waals surface area contributed by atoms with Gasteiger partial charge in [0.2, 0.25) is 11.8 Å². The average Bonchev–Trinajstić information content (AvgIpc) is 2.68. The molecule has 0 aromatic carbocycles. The molecule has 0 aliphatic carbocycles. The Labute approximate surface area is 115 Å². The molecule has 1 aliphatic heterocycles. The number of amides is 2. The van der Waals surface area contributed by atoms with E-state index in [4.69, 9.17) is 11.6 Å². The summed E-state index contributed by atoms with van der Waals surface area (Å²) >= 11 is 7.29. The largest absolute Gasteiger partial charge is 0.343 e. The first kappa shape index (κ1) is 13.4. The predicted molar refractivity (Wildman–Crippen MR) is 71.5 cm³/mol. The zero-order chi connectivity index (χ0) is 13.3. The lowest BCUT2D eigenvalue weighted by Crippen LogP contribution is -2.59. The second kappa shape index (κ2) is 5.28. The Bertz CT molecular complexity index is 472. The molecule has 1 fully saturated rings. The van der Waals surface area contributed by atoms with Crippen molar-refractivity contribution in [3.8, 4) is 0 Å². The number of hydrogen-bond donors (Lipinski definition) is 1. The molecule has 0 saturated carbocycles. The molecule has 1 aromatic heterocycles. The van der Waals surface area contributed by atoms with Crippen molar-refractivity contribution >= 4 is 34.8 Å². The van der Waals surface area contributed by atoms with Crippen molar-refractivity contribution in [3.05, 3.63) is 21.3 Å². The van der Waals surface area contributed by atoms with Crippen molar-refractivity contribution in [1.82, 2.24) is 10.2 Å². The lowest BCUT2D eigenvalue weighted by atomic mass is 10.0. The molecule has 0 bridgehead atoms. The first-order valence-corrected chi connectivity index (χ1v) is 6.99. The fourth-order valence-corrected chi connectivity index (χ4v) is 3.04. The molecule has 2 heterocycles. The highest BCUT2D eigenvalue weighted by atomic mass is 35.5. The number of thiophene rings is 1. The highest BCUT2D eigenvalue weighted by molar-refractivity contribution is 7.16. The zero-order valence-electron chi connectivity index (χ0n) is 10.3. The van der Waals surface area contributed by atoms with E-state index in [-0.39, 0.29) is 24.3 Å². The van der Waals surface area contributed by atoms with Gasteiger partial charge in [-0.2, -0.15) is 0 Å². The minimum Gasteiger partial charge on any atom is -0.343 e. The van der Waals surface area contributed by atoms with Crippen molar-refractivity contribution in [2.45, 2.75) is 26.4 Å². The van der Waals surface area contributed by atoms with Crippen molar-refractivity contribution in [2.24, 2.45) is 5.92 Å². The highest BCUT2D eigenvalue weighted by Gasteiger charge is 2.34. The van der Waals surface area contributed by atoms with Gasteiger partial charge in [-0.1, -0.05) is 25.4 Å². The first-order valence-electron chi connectivity index (χ1n) is 5.79. The van der Waals surface area contributed by atoms with Gasteiger partial charge in [-0.15, -0.1) is 11.3 Å². The molecule has 1 unspecified atom stereocenters. The number of halogens is 1. The van der Waals surface area contributed by atoms with Gasteiger partial charge in [-0.05, 0) is 18.1 Å². The van der Waals surface area contributed by atoms with Crippen LogP contribution in [0.1, 0.15) is 18.7 Å². The molecular formula is C12H15ClN2O2S. The molecule has 0 radical (unpaired) electrons. The van der Waals surface area contributed by atoms with Gasteiger partial charge in [0.25, 0.3) is 0 Å². The molecule has 0 spiro atoms. The van der Waals surface area contributed by atoms with E-state index in [1.807, 2.05) is 19.9 Å². The van der Waals surface area contributed by atoms with Crippen LogP contribution >= 0.6 is 22.9 Å². The average molecular weight is 287 g/mol. The molecular weight excluding hydrogens is 272 g/mol. The molecule has 6 heteroatoms. The SMILES string of the molecule is CC(C)C1NC(=O)CN(Cc2ccc(Cl)s2)C1=O. The third kappa shape index (κ3) is 2.84. The predicted octanol–water partition coefficient (Wildman–Crippen LogP) is 1.88. The van der Waals surface area contributed by atoms with Crippen LogP contribution in [0.2, 0.25) is 4.34 Å². The molecule has 98 valence electrons. The molecule has 1 aliphatic rings. The topological polar surface area (TPSA) is 49.4 Å². The maximum atomic E-state index is 12.2. The summed E-state index contributed by atoms with van der Waals surface area (Å²) in [5, 5.41) is 2.73. The minimum absolute atomic E-state index is 0.0193. The molecule has 2 amide bonds.